The van der Waals surface area contributed by atoms with Crippen LogP contribution in [0.4, 0.5) is 8.78 Å². The first kappa shape index (κ1) is 14.7. The summed E-state index contributed by atoms with van der Waals surface area (Å²) in [5.74, 6) is -0.256. The van der Waals surface area contributed by atoms with E-state index in [-0.39, 0.29) is 12.2 Å². The number of aliphatic hydroxyl groups is 1. The molecule has 0 heterocycles. The first-order valence-corrected chi connectivity index (χ1v) is 6.59. The molecule has 0 saturated carbocycles. The van der Waals surface area contributed by atoms with Gasteiger partial charge in [-0.1, -0.05) is 30.3 Å². The number of aryl methyl sites for hydroxylation is 1. The summed E-state index contributed by atoms with van der Waals surface area (Å²) in [6.07, 6.45) is 0.0714. The normalized spacial score (nSPS) is 14.1. The fourth-order valence-corrected chi connectivity index (χ4v) is 2.29. The van der Waals surface area contributed by atoms with E-state index in [4.69, 9.17) is 0 Å². The van der Waals surface area contributed by atoms with Gasteiger partial charge in [0.2, 0.25) is 0 Å². The number of benzene rings is 2. The molecule has 0 fully saturated rings. The van der Waals surface area contributed by atoms with E-state index in [0.717, 1.165) is 16.7 Å². The molecule has 0 spiro atoms. The summed E-state index contributed by atoms with van der Waals surface area (Å²) < 4.78 is 25.5. The summed E-state index contributed by atoms with van der Waals surface area (Å²) >= 11 is 0. The van der Waals surface area contributed by atoms with Gasteiger partial charge in [0.15, 0.2) is 0 Å². The van der Waals surface area contributed by atoms with Crippen LogP contribution in [-0.4, -0.2) is 11.8 Å². The molecule has 3 heteroatoms. The van der Waals surface area contributed by atoms with E-state index in [1.807, 2.05) is 19.1 Å². The Hall–Kier alpha value is -1.74. The Morgan fingerprint density at radius 2 is 1.75 bits per heavy atom. The summed E-state index contributed by atoms with van der Waals surface area (Å²) in [4.78, 5) is 0. The third-order valence-electron chi connectivity index (χ3n) is 3.59. The fourth-order valence-electron chi connectivity index (χ4n) is 2.29. The van der Waals surface area contributed by atoms with Gasteiger partial charge in [-0.15, -0.1) is 0 Å². The second-order valence-electron chi connectivity index (χ2n) is 5.25. The lowest BCUT2D eigenvalue weighted by Crippen LogP contribution is -2.21. The van der Waals surface area contributed by atoms with Crippen LogP contribution in [0.1, 0.15) is 24.5 Å². The molecule has 0 aliphatic carbocycles. The van der Waals surface area contributed by atoms with Crippen LogP contribution in [-0.2, 0) is 5.60 Å². The number of rotatable bonds is 4. The molecule has 0 aliphatic heterocycles. The van der Waals surface area contributed by atoms with Crippen molar-refractivity contribution in [3.63, 3.8) is 0 Å². The van der Waals surface area contributed by atoms with Crippen LogP contribution in [0.5, 0.6) is 0 Å². The van der Waals surface area contributed by atoms with Crippen LogP contribution in [0.25, 0.3) is 11.1 Å². The van der Waals surface area contributed by atoms with Gasteiger partial charge in [-0.25, -0.2) is 4.39 Å². The zero-order chi connectivity index (χ0) is 14.8. The lowest BCUT2D eigenvalue weighted by atomic mass is 9.91. The van der Waals surface area contributed by atoms with Gasteiger partial charge in [-0.3, -0.25) is 4.39 Å². The molecule has 0 radical (unpaired) electrons. The van der Waals surface area contributed by atoms with E-state index >= 15 is 0 Å². The van der Waals surface area contributed by atoms with Gasteiger partial charge in [0.1, 0.15) is 5.82 Å². The maximum absolute atomic E-state index is 13.1. The molecule has 2 aromatic carbocycles. The smallest absolute Gasteiger partial charge is 0.123 e. The van der Waals surface area contributed by atoms with Gasteiger partial charge in [0.25, 0.3) is 0 Å². The summed E-state index contributed by atoms with van der Waals surface area (Å²) in [5, 5.41) is 10.1. The molecular formula is C17H18F2O. The molecule has 0 amide bonds. The van der Waals surface area contributed by atoms with Crippen LogP contribution < -0.4 is 0 Å². The topological polar surface area (TPSA) is 20.2 Å². The fraction of sp³-hybridized carbons (Fsp3) is 0.294. The van der Waals surface area contributed by atoms with E-state index in [0.29, 0.717) is 5.56 Å². The van der Waals surface area contributed by atoms with Crippen molar-refractivity contribution in [3.05, 3.63) is 59.4 Å². The quantitative estimate of drug-likeness (QED) is 0.879. The van der Waals surface area contributed by atoms with Crippen molar-refractivity contribution in [2.24, 2.45) is 0 Å². The molecule has 0 aliphatic rings. The van der Waals surface area contributed by atoms with Crippen molar-refractivity contribution in [3.8, 4) is 11.1 Å². The Bertz CT molecular complexity index is 588. The largest absolute Gasteiger partial charge is 0.385 e. The number of hydrogen-bond acceptors (Lipinski definition) is 1. The lowest BCUT2D eigenvalue weighted by Gasteiger charge is -2.22. The molecule has 2 rings (SSSR count). The zero-order valence-electron chi connectivity index (χ0n) is 11.7. The number of hydrogen-bond donors (Lipinski definition) is 1. The highest BCUT2D eigenvalue weighted by atomic mass is 19.1. The Kier molecular flexibility index (Phi) is 4.19. The summed E-state index contributed by atoms with van der Waals surface area (Å²) in [6, 6.07) is 11.9. The zero-order valence-corrected chi connectivity index (χ0v) is 11.7. The van der Waals surface area contributed by atoms with Crippen LogP contribution >= 0.6 is 0 Å². The Labute approximate surface area is 117 Å². The summed E-state index contributed by atoms with van der Waals surface area (Å²) in [5.41, 5.74) is 2.27. The predicted octanol–water partition coefficient (Wildman–Crippen LogP) is 4.37. The average Bonchev–Trinajstić information content (AvgIpc) is 2.39. The van der Waals surface area contributed by atoms with Gasteiger partial charge in [0, 0.05) is 6.42 Å². The monoisotopic (exact) mass is 276 g/mol. The summed E-state index contributed by atoms with van der Waals surface area (Å²) in [6.45, 7) is 2.89. The predicted molar refractivity (Wildman–Crippen MR) is 76.7 cm³/mol. The highest BCUT2D eigenvalue weighted by Crippen LogP contribution is 2.29. The molecule has 0 aromatic heterocycles. The Balaban J connectivity index is 2.33. The second-order valence-corrected chi connectivity index (χ2v) is 5.25. The molecule has 2 aromatic rings. The van der Waals surface area contributed by atoms with E-state index in [2.05, 4.69) is 0 Å². The highest BCUT2D eigenvalue weighted by molar-refractivity contribution is 5.67. The average molecular weight is 276 g/mol. The minimum atomic E-state index is -1.16. The van der Waals surface area contributed by atoms with Crippen molar-refractivity contribution in [2.75, 3.05) is 6.67 Å². The first-order chi connectivity index (χ1) is 9.44. The minimum absolute atomic E-state index is 0.0714. The summed E-state index contributed by atoms with van der Waals surface area (Å²) in [7, 11) is 0. The molecule has 20 heavy (non-hydrogen) atoms. The molecule has 0 bridgehead atoms. The van der Waals surface area contributed by atoms with Gasteiger partial charge in [0.05, 0.1) is 12.3 Å². The van der Waals surface area contributed by atoms with Crippen LogP contribution in [0.2, 0.25) is 0 Å². The van der Waals surface area contributed by atoms with E-state index in [9.17, 15) is 13.9 Å². The lowest BCUT2D eigenvalue weighted by molar-refractivity contribution is 0.0408. The van der Waals surface area contributed by atoms with Crippen LogP contribution in [0.3, 0.4) is 0 Å². The Morgan fingerprint density at radius 1 is 1.10 bits per heavy atom. The Morgan fingerprint density at radius 3 is 2.30 bits per heavy atom. The molecule has 1 atom stereocenters. The van der Waals surface area contributed by atoms with E-state index < -0.39 is 12.3 Å². The van der Waals surface area contributed by atoms with E-state index in [1.165, 1.54) is 12.1 Å². The molecule has 0 saturated heterocycles. The molecular weight excluding hydrogens is 258 g/mol. The van der Waals surface area contributed by atoms with Gasteiger partial charge in [-0.05, 0) is 48.2 Å². The molecule has 1 nitrogen and oxygen atoms in total. The third-order valence-corrected chi connectivity index (χ3v) is 3.59. The van der Waals surface area contributed by atoms with Crippen molar-refractivity contribution >= 4 is 0 Å². The van der Waals surface area contributed by atoms with Crippen molar-refractivity contribution in [2.45, 2.75) is 25.9 Å². The van der Waals surface area contributed by atoms with Gasteiger partial charge < -0.3 is 5.11 Å². The highest BCUT2D eigenvalue weighted by Gasteiger charge is 2.22. The standard InChI is InChI=1S/C17H18F2O/c1-12-11-15(19)7-8-16(12)13-3-5-14(6-4-13)17(2,20)9-10-18/h3-8,11,20H,9-10H2,1-2H3. The maximum atomic E-state index is 13.1. The first-order valence-electron chi connectivity index (χ1n) is 6.59. The maximum Gasteiger partial charge on any atom is 0.123 e. The van der Waals surface area contributed by atoms with Gasteiger partial charge in [-0.2, -0.15) is 0 Å². The van der Waals surface area contributed by atoms with Gasteiger partial charge >= 0.3 is 0 Å². The molecule has 1 N–H and O–H groups in total. The molecule has 1 unspecified atom stereocenters. The molecule has 106 valence electrons. The second kappa shape index (κ2) is 5.71. The number of halogens is 2. The number of alkyl halides is 1. The van der Waals surface area contributed by atoms with Crippen molar-refractivity contribution < 1.29 is 13.9 Å². The van der Waals surface area contributed by atoms with E-state index in [1.54, 1.807) is 25.1 Å². The SMILES string of the molecule is Cc1cc(F)ccc1-c1ccc(C(C)(O)CCF)cc1. The minimum Gasteiger partial charge on any atom is -0.385 e. The van der Waals surface area contributed by atoms with Crippen molar-refractivity contribution in [1.29, 1.82) is 0 Å². The third kappa shape index (κ3) is 3.05. The van der Waals surface area contributed by atoms with Crippen LogP contribution in [0.15, 0.2) is 42.5 Å². The van der Waals surface area contributed by atoms with Crippen molar-refractivity contribution in [1.82, 2.24) is 0 Å². The van der Waals surface area contributed by atoms with Crippen LogP contribution in [0, 0.1) is 12.7 Å².